The van der Waals surface area contributed by atoms with E-state index in [9.17, 15) is 0 Å². The van der Waals surface area contributed by atoms with E-state index in [2.05, 4.69) is 14.7 Å². The lowest BCUT2D eigenvalue weighted by atomic mass is 12.9. The standard InChI is InChI=1S/H2IN2OP/c1-3(5)2-4/h5H2. The molecule has 0 spiro atoms. The molecule has 0 aromatic rings. The van der Waals surface area contributed by atoms with Crippen molar-refractivity contribution >= 4 is 32.3 Å². The van der Waals surface area contributed by atoms with Gasteiger partial charge in [-0.15, -0.1) is 4.91 Å². The smallest absolute Gasteiger partial charge is 0.0858 e. The molecule has 5 heteroatoms. The topological polar surface area (TPSA) is 32.7 Å². The third-order valence-electron chi connectivity index (χ3n) is 0.0780. The normalized spacial score (nSPS) is 6.80. The van der Waals surface area contributed by atoms with E-state index in [0.29, 0.717) is 0 Å². The lowest BCUT2D eigenvalue weighted by Gasteiger charge is -1.85. The Morgan fingerprint density at radius 1 is 2.00 bits per heavy atom. The van der Waals surface area contributed by atoms with E-state index in [-0.39, 0.29) is 0 Å². The first kappa shape index (κ1) is 5.56. The lowest BCUT2D eigenvalue weighted by Crippen LogP contribution is -1.71. The van der Waals surface area contributed by atoms with Crippen LogP contribution >= 0.6 is 32.3 Å². The number of hydrogen-bond acceptors (Lipinski definition) is 2. The summed E-state index contributed by atoms with van der Waals surface area (Å²) in [6.45, 7) is 0. The van der Waals surface area contributed by atoms with Crippen molar-refractivity contribution in [3.8, 4) is 0 Å². The molecule has 0 aliphatic heterocycles. The fraction of sp³-hybridized carbons (Fsp3) is 0. The highest BCUT2D eigenvalue weighted by Crippen LogP contribution is 2.03. The number of rotatable bonds is 1. The summed E-state index contributed by atoms with van der Waals surface area (Å²) < 4.78 is 1.08. The number of halogens is 1. The van der Waals surface area contributed by atoms with Crippen LogP contribution in [0.4, 0.5) is 0 Å². The molecule has 3 nitrogen and oxygen atoms in total. The molecule has 1 unspecified atom stereocenters. The zero-order valence-electron chi connectivity index (χ0n) is 2.26. The van der Waals surface area contributed by atoms with Crippen LogP contribution in [0.1, 0.15) is 0 Å². The molecule has 0 heterocycles. The Hall–Kier alpha value is 0.560. The SMILES string of the molecule is O=NN(P)I. The van der Waals surface area contributed by atoms with E-state index in [1.54, 1.807) is 22.9 Å². The predicted octanol–water partition coefficient (Wildman–Crippen LogP) is 1.11. The van der Waals surface area contributed by atoms with Crippen LogP contribution in [0.3, 0.4) is 0 Å². The molecule has 0 aliphatic carbocycles. The Balaban J connectivity index is 2.83. The zero-order chi connectivity index (χ0) is 4.28. The second-order valence-corrected chi connectivity index (χ2v) is 2.90. The quantitative estimate of drug-likeness (QED) is 0.210. The molecule has 0 fully saturated rings. The first-order valence-electron chi connectivity index (χ1n) is 0.810. The van der Waals surface area contributed by atoms with Crippen molar-refractivity contribution < 1.29 is 0 Å². The highest BCUT2D eigenvalue weighted by molar-refractivity contribution is 14.1. The summed E-state index contributed by atoms with van der Waals surface area (Å²) in [5, 5.41) is 2.42. The Morgan fingerprint density at radius 2 is 2.20 bits per heavy atom. The van der Waals surface area contributed by atoms with E-state index in [1.165, 1.54) is 0 Å². The third-order valence-corrected chi connectivity index (χ3v) is 0.348. The summed E-state index contributed by atoms with van der Waals surface area (Å²) in [5.41, 5.74) is 0. The Kier molecular flexibility index (Phi) is 3.09. The van der Waals surface area contributed by atoms with Gasteiger partial charge in [0.25, 0.3) is 0 Å². The average molecular weight is 204 g/mol. The van der Waals surface area contributed by atoms with Crippen LogP contribution in [-0.2, 0) is 0 Å². The third kappa shape index (κ3) is 4.56. The van der Waals surface area contributed by atoms with Gasteiger partial charge in [0.05, 0.1) is 28.2 Å². The van der Waals surface area contributed by atoms with Crippen molar-refractivity contribution in [1.29, 1.82) is 0 Å². The van der Waals surface area contributed by atoms with Crippen LogP contribution in [0.25, 0.3) is 0 Å². The maximum absolute atomic E-state index is 9.15. The average Bonchev–Trinajstić information content (AvgIpc) is 1.38. The number of nitroso groups, excluding NO2 is 1. The van der Waals surface area contributed by atoms with Crippen LogP contribution in [-0.4, -0.2) is 2.99 Å². The fourth-order valence-corrected chi connectivity index (χ4v) is 0. The van der Waals surface area contributed by atoms with Crippen LogP contribution in [0.2, 0.25) is 0 Å². The summed E-state index contributed by atoms with van der Waals surface area (Å²) >= 11 is 1.72. The molecular formula is H2IN2OP. The second kappa shape index (κ2) is 2.78. The highest BCUT2D eigenvalue weighted by Gasteiger charge is 1.73. The van der Waals surface area contributed by atoms with Gasteiger partial charge >= 0.3 is 0 Å². The molecule has 5 heavy (non-hydrogen) atoms. The molecule has 0 aromatic carbocycles. The van der Waals surface area contributed by atoms with Crippen molar-refractivity contribution in [3.05, 3.63) is 4.91 Å². The van der Waals surface area contributed by atoms with Crippen molar-refractivity contribution in [3.63, 3.8) is 0 Å². The van der Waals surface area contributed by atoms with Crippen molar-refractivity contribution in [2.75, 3.05) is 0 Å². The molecule has 0 aliphatic rings. The summed E-state index contributed by atoms with van der Waals surface area (Å²) in [7, 11) is 2.07. The molecule has 0 aromatic heterocycles. The summed E-state index contributed by atoms with van der Waals surface area (Å²) in [6.07, 6.45) is 0. The van der Waals surface area contributed by atoms with E-state index >= 15 is 0 Å². The first-order valence-corrected chi connectivity index (χ1v) is 2.29. The second-order valence-electron chi connectivity index (χ2n) is 0.370. The minimum Gasteiger partial charge on any atom is -0.186 e. The minimum absolute atomic E-state index is 1.08. The monoisotopic (exact) mass is 204 g/mol. The molecule has 0 bridgehead atoms. The zero-order valence-corrected chi connectivity index (χ0v) is 5.57. The molecule has 0 saturated heterocycles. The fourth-order valence-electron chi connectivity index (χ4n) is 0. The van der Waals surface area contributed by atoms with Crippen molar-refractivity contribution in [2.45, 2.75) is 0 Å². The molecule has 0 N–H and O–H groups in total. The maximum Gasteiger partial charge on any atom is 0.0858 e. The Bertz CT molecular complexity index is 36.6. The van der Waals surface area contributed by atoms with Crippen LogP contribution in [0.15, 0.2) is 5.29 Å². The minimum atomic E-state index is 1.08. The Labute approximate surface area is 45.8 Å². The van der Waals surface area contributed by atoms with E-state index in [4.69, 9.17) is 4.91 Å². The predicted molar refractivity (Wildman–Crippen MR) is 31.4 cm³/mol. The molecule has 1 atom stereocenters. The maximum atomic E-state index is 9.15. The van der Waals surface area contributed by atoms with Gasteiger partial charge in [-0.1, -0.05) is 0 Å². The molecular weight excluding hydrogens is 202 g/mol. The molecule has 0 rings (SSSR count). The van der Waals surface area contributed by atoms with Gasteiger partial charge in [-0.05, 0) is 9.39 Å². The van der Waals surface area contributed by atoms with E-state index in [0.717, 1.165) is 2.99 Å². The number of nitrogens with zero attached hydrogens (tertiary/aromatic N) is 2. The van der Waals surface area contributed by atoms with Crippen LogP contribution < -0.4 is 0 Å². The number of hydrogen-bond donors (Lipinski definition) is 0. The van der Waals surface area contributed by atoms with Crippen LogP contribution in [0, 0.1) is 4.91 Å². The molecule has 0 radical (unpaired) electrons. The van der Waals surface area contributed by atoms with Gasteiger partial charge in [-0.2, -0.15) is 2.99 Å². The molecule has 0 amide bonds. The van der Waals surface area contributed by atoms with Gasteiger partial charge in [0.1, 0.15) is 0 Å². The van der Waals surface area contributed by atoms with Crippen LogP contribution in [0.5, 0.6) is 0 Å². The van der Waals surface area contributed by atoms with Crippen molar-refractivity contribution in [2.24, 2.45) is 5.29 Å². The first-order chi connectivity index (χ1) is 2.27. The molecule has 30 valence electrons. The van der Waals surface area contributed by atoms with E-state index < -0.39 is 0 Å². The van der Waals surface area contributed by atoms with Gasteiger partial charge in [0.2, 0.25) is 0 Å². The van der Waals surface area contributed by atoms with Gasteiger partial charge < -0.3 is 0 Å². The van der Waals surface area contributed by atoms with Crippen molar-refractivity contribution in [1.82, 2.24) is 2.99 Å². The van der Waals surface area contributed by atoms with Gasteiger partial charge in [0.15, 0.2) is 0 Å². The van der Waals surface area contributed by atoms with Gasteiger partial charge in [-0.3, -0.25) is 0 Å². The van der Waals surface area contributed by atoms with Gasteiger partial charge in [-0.25, -0.2) is 0 Å². The summed E-state index contributed by atoms with van der Waals surface area (Å²) in [4.78, 5) is 9.15. The largest absolute Gasteiger partial charge is 0.186 e. The molecule has 0 saturated carbocycles. The lowest BCUT2D eigenvalue weighted by molar-refractivity contribution is 0.865. The van der Waals surface area contributed by atoms with E-state index in [1.807, 2.05) is 0 Å². The van der Waals surface area contributed by atoms with Gasteiger partial charge in [0, 0.05) is 0 Å². The highest BCUT2D eigenvalue weighted by atomic mass is 127. The summed E-state index contributed by atoms with van der Waals surface area (Å²) in [5.74, 6) is 0. The summed E-state index contributed by atoms with van der Waals surface area (Å²) in [6, 6.07) is 0. The Morgan fingerprint density at radius 3 is 2.20 bits per heavy atom.